The van der Waals surface area contributed by atoms with Crippen molar-refractivity contribution in [1.82, 2.24) is 9.97 Å². The molecule has 1 aromatic heterocycles. The molecule has 0 aliphatic rings. The van der Waals surface area contributed by atoms with Crippen LogP contribution in [0.15, 0.2) is 24.3 Å². The van der Waals surface area contributed by atoms with Crippen LogP contribution in [0.5, 0.6) is 0 Å². The van der Waals surface area contributed by atoms with Crippen molar-refractivity contribution < 1.29 is 4.79 Å². The first-order valence-electron chi connectivity index (χ1n) is 6.16. The number of hydrogen-bond donors (Lipinski definition) is 3. The predicted octanol–water partition coefficient (Wildman–Crippen LogP) is 3.65. The van der Waals surface area contributed by atoms with E-state index in [1.54, 1.807) is 25.2 Å². The SMILES string of the molecule is CNc1nc(=S)c(/C(N)=C/C=O)c(-c2ccc(Cl)c(Cl)c2)[nH]1. The van der Waals surface area contributed by atoms with Crippen LogP contribution in [0.2, 0.25) is 10.0 Å². The molecule has 0 bridgehead atoms. The summed E-state index contributed by atoms with van der Waals surface area (Å²) in [5, 5.41) is 3.71. The lowest BCUT2D eigenvalue weighted by atomic mass is 10.0. The number of halogens is 2. The Morgan fingerprint density at radius 3 is 2.73 bits per heavy atom. The summed E-state index contributed by atoms with van der Waals surface area (Å²) in [6.07, 6.45) is 1.81. The van der Waals surface area contributed by atoms with E-state index < -0.39 is 0 Å². The molecule has 114 valence electrons. The number of carbonyl (C=O) groups is 1. The Balaban J connectivity index is 2.79. The van der Waals surface area contributed by atoms with Crippen LogP contribution >= 0.6 is 35.4 Å². The van der Waals surface area contributed by atoms with Crippen LogP contribution in [0.4, 0.5) is 5.95 Å². The molecule has 0 unspecified atom stereocenters. The van der Waals surface area contributed by atoms with Crippen LogP contribution in [0.25, 0.3) is 17.0 Å². The Kier molecular flexibility index (Phi) is 5.18. The fourth-order valence-electron chi connectivity index (χ4n) is 1.88. The summed E-state index contributed by atoms with van der Waals surface area (Å²) in [7, 11) is 1.70. The molecule has 2 rings (SSSR count). The van der Waals surface area contributed by atoms with Crippen molar-refractivity contribution in [3.05, 3.63) is 44.5 Å². The molecular formula is C14H12Cl2N4OS. The molecule has 1 heterocycles. The molecule has 0 saturated heterocycles. The van der Waals surface area contributed by atoms with Gasteiger partial charge in [0, 0.05) is 24.4 Å². The Labute approximate surface area is 142 Å². The first-order chi connectivity index (χ1) is 10.5. The van der Waals surface area contributed by atoms with Crippen molar-refractivity contribution in [3.8, 4) is 11.3 Å². The molecule has 22 heavy (non-hydrogen) atoms. The van der Waals surface area contributed by atoms with E-state index >= 15 is 0 Å². The van der Waals surface area contributed by atoms with Crippen molar-refractivity contribution in [1.29, 1.82) is 0 Å². The Hall–Kier alpha value is -1.89. The summed E-state index contributed by atoms with van der Waals surface area (Å²) in [6.45, 7) is 0. The number of carbonyl (C=O) groups excluding carboxylic acids is 1. The largest absolute Gasteiger partial charge is 0.398 e. The van der Waals surface area contributed by atoms with Crippen LogP contribution in [-0.4, -0.2) is 23.3 Å². The molecule has 0 atom stereocenters. The van der Waals surface area contributed by atoms with Gasteiger partial charge in [0.05, 0.1) is 21.3 Å². The predicted molar refractivity (Wildman–Crippen MR) is 92.7 cm³/mol. The Morgan fingerprint density at radius 1 is 1.41 bits per heavy atom. The van der Waals surface area contributed by atoms with Gasteiger partial charge >= 0.3 is 0 Å². The molecular weight excluding hydrogens is 343 g/mol. The number of aromatic nitrogens is 2. The second-order valence-electron chi connectivity index (χ2n) is 4.28. The van der Waals surface area contributed by atoms with Gasteiger partial charge in [-0.05, 0) is 12.1 Å². The zero-order valence-corrected chi connectivity index (χ0v) is 13.8. The lowest BCUT2D eigenvalue weighted by Gasteiger charge is -2.13. The van der Waals surface area contributed by atoms with E-state index in [0.29, 0.717) is 33.5 Å². The van der Waals surface area contributed by atoms with Gasteiger partial charge in [-0.25, -0.2) is 4.98 Å². The number of allylic oxidation sites excluding steroid dienone is 1. The number of hydrogen-bond acceptors (Lipinski definition) is 5. The van der Waals surface area contributed by atoms with Crippen LogP contribution < -0.4 is 11.1 Å². The van der Waals surface area contributed by atoms with Crippen LogP contribution in [0.1, 0.15) is 5.56 Å². The van der Waals surface area contributed by atoms with E-state index in [1.807, 2.05) is 0 Å². The summed E-state index contributed by atoms with van der Waals surface area (Å²) in [5.74, 6) is 0.466. The van der Waals surface area contributed by atoms with Gasteiger partial charge in [0.15, 0.2) is 0 Å². The molecule has 1 aromatic carbocycles. The maximum Gasteiger partial charge on any atom is 0.201 e. The fraction of sp³-hybridized carbons (Fsp3) is 0.0714. The normalized spacial score (nSPS) is 11.3. The number of benzene rings is 1. The zero-order valence-electron chi connectivity index (χ0n) is 11.5. The monoisotopic (exact) mass is 354 g/mol. The Morgan fingerprint density at radius 2 is 2.14 bits per heavy atom. The van der Waals surface area contributed by atoms with E-state index in [4.69, 9.17) is 41.2 Å². The summed E-state index contributed by atoms with van der Waals surface area (Å²) >= 11 is 17.3. The topological polar surface area (TPSA) is 83.8 Å². The number of anilines is 1. The van der Waals surface area contributed by atoms with Crippen LogP contribution in [0.3, 0.4) is 0 Å². The highest BCUT2D eigenvalue weighted by atomic mass is 35.5. The molecule has 0 aliphatic heterocycles. The van der Waals surface area contributed by atoms with Crippen LogP contribution in [-0.2, 0) is 4.79 Å². The van der Waals surface area contributed by atoms with Crippen molar-refractivity contribution in [3.63, 3.8) is 0 Å². The van der Waals surface area contributed by atoms with Crippen LogP contribution in [0, 0.1) is 4.64 Å². The zero-order chi connectivity index (χ0) is 16.3. The second-order valence-corrected chi connectivity index (χ2v) is 5.48. The fourth-order valence-corrected chi connectivity index (χ4v) is 2.49. The highest BCUT2D eigenvalue weighted by molar-refractivity contribution is 7.71. The van der Waals surface area contributed by atoms with E-state index in [1.165, 1.54) is 6.08 Å². The number of aldehydes is 1. The molecule has 0 saturated carbocycles. The lowest BCUT2D eigenvalue weighted by Crippen LogP contribution is -2.07. The number of nitrogens with one attached hydrogen (secondary N) is 2. The number of nitrogens with two attached hydrogens (primary N) is 1. The third-order valence-electron chi connectivity index (χ3n) is 2.90. The maximum absolute atomic E-state index is 10.7. The molecule has 0 amide bonds. The van der Waals surface area contributed by atoms with Crippen molar-refractivity contribution in [2.24, 2.45) is 5.73 Å². The molecule has 8 heteroatoms. The standard InChI is InChI=1S/C14H12Cl2N4OS/c1-18-14-19-12(7-2-3-8(15)9(16)6-7)11(13(22)20-14)10(17)4-5-21/h2-6H,17H2,1H3,(H2,18,19,20,22)/b10-4-. The molecule has 2 aromatic rings. The molecule has 0 radical (unpaired) electrons. The molecule has 5 nitrogen and oxygen atoms in total. The van der Waals surface area contributed by atoms with Crippen molar-refractivity contribution >= 4 is 53.4 Å². The van der Waals surface area contributed by atoms with Gasteiger partial charge in [-0.15, -0.1) is 0 Å². The molecule has 0 fully saturated rings. The minimum absolute atomic E-state index is 0.215. The van der Waals surface area contributed by atoms with Gasteiger partial charge in [0.2, 0.25) is 5.95 Å². The summed E-state index contributed by atoms with van der Waals surface area (Å²) < 4.78 is 0.264. The summed E-state index contributed by atoms with van der Waals surface area (Å²) in [4.78, 5) is 17.9. The first kappa shape index (κ1) is 16.5. The lowest BCUT2D eigenvalue weighted by molar-refractivity contribution is -0.104. The highest BCUT2D eigenvalue weighted by Gasteiger charge is 2.14. The number of aromatic amines is 1. The molecule has 0 spiro atoms. The van der Waals surface area contributed by atoms with E-state index in [2.05, 4.69) is 15.3 Å². The summed E-state index contributed by atoms with van der Waals surface area (Å²) in [5.41, 5.74) is 7.92. The van der Waals surface area contributed by atoms with Crippen molar-refractivity contribution in [2.45, 2.75) is 0 Å². The van der Waals surface area contributed by atoms with Gasteiger partial charge in [-0.2, -0.15) is 0 Å². The van der Waals surface area contributed by atoms with Gasteiger partial charge in [0.1, 0.15) is 10.9 Å². The third-order valence-corrected chi connectivity index (χ3v) is 3.94. The minimum Gasteiger partial charge on any atom is -0.398 e. The quantitative estimate of drug-likeness (QED) is 0.443. The van der Waals surface area contributed by atoms with Crippen molar-refractivity contribution in [2.75, 3.05) is 12.4 Å². The van der Waals surface area contributed by atoms with Gasteiger partial charge in [0.25, 0.3) is 0 Å². The first-order valence-corrected chi connectivity index (χ1v) is 7.33. The minimum atomic E-state index is 0.215. The van der Waals surface area contributed by atoms with Gasteiger partial charge < -0.3 is 16.0 Å². The Bertz CT molecular complexity index is 817. The number of nitrogens with zero attached hydrogens (tertiary/aromatic N) is 1. The number of rotatable bonds is 4. The van der Waals surface area contributed by atoms with Gasteiger partial charge in [-0.3, -0.25) is 4.79 Å². The molecule has 0 aliphatic carbocycles. The highest BCUT2D eigenvalue weighted by Crippen LogP contribution is 2.31. The molecule has 4 N–H and O–H groups in total. The summed E-state index contributed by atoms with van der Waals surface area (Å²) in [6, 6.07) is 5.12. The van der Waals surface area contributed by atoms with Gasteiger partial charge in [-0.1, -0.05) is 41.5 Å². The maximum atomic E-state index is 10.7. The van der Waals surface area contributed by atoms with E-state index in [9.17, 15) is 4.79 Å². The number of H-pyrrole nitrogens is 1. The smallest absolute Gasteiger partial charge is 0.201 e. The average Bonchev–Trinajstić information content (AvgIpc) is 2.49. The van der Waals surface area contributed by atoms with E-state index in [-0.39, 0.29) is 10.3 Å². The average molecular weight is 355 g/mol. The van der Waals surface area contributed by atoms with E-state index in [0.717, 1.165) is 5.56 Å². The third kappa shape index (κ3) is 3.30. The second kappa shape index (κ2) is 6.91.